The molecule has 0 unspecified atom stereocenters. The molecule has 1 N–H and O–H groups in total. The summed E-state index contributed by atoms with van der Waals surface area (Å²) in [6.45, 7) is 4.45. The van der Waals surface area contributed by atoms with Crippen LogP contribution < -0.4 is 10.1 Å². The van der Waals surface area contributed by atoms with Gasteiger partial charge in [-0.3, -0.25) is 9.78 Å². The van der Waals surface area contributed by atoms with E-state index in [2.05, 4.69) is 10.3 Å². The number of aromatic nitrogens is 1. The molecule has 0 aliphatic carbocycles. The summed E-state index contributed by atoms with van der Waals surface area (Å²) in [6, 6.07) is 11.3. The maximum absolute atomic E-state index is 12.8. The van der Waals surface area contributed by atoms with Crippen LogP contribution >= 0.6 is 0 Å². The summed E-state index contributed by atoms with van der Waals surface area (Å²) in [5.74, 6) is 0.902. The van der Waals surface area contributed by atoms with Crippen LogP contribution in [0.4, 0.5) is 0 Å². The number of carbonyl (C=O) groups excluding carboxylic acids is 1. The van der Waals surface area contributed by atoms with Crippen molar-refractivity contribution < 1.29 is 9.53 Å². The van der Waals surface area contributed by atoms with E-state index in [9.17, 15) is 4.79 Å². The van der Waals surface area contributed by atoms with E-state index in [0.29, 0.717) is 12.0 Å². The van der Waals surface area contributed by atoms with Gasteiger partial charge >= 0.3 is 0 Å². The highest BCUT2D eigenvalue weighted by molar-refractivity contribution is 5.94. The van der Waals surface area contributed by atoms with Gasteiger partial charge in [-0.1, -0.05) is 0 Å². The molecule has 26 heavy (non-hydrogen) atoms. The van der Waals surface area contributed by atoms with Gasteiger partial charge in [0.05, 0.1) is 0 Å². The zero-order valence-corrected chi connectivity index (χ0v) is 15.0. The van der Waals surface area contributed by atoms with Gasteiger partial charge in [0.2, 0.25) is 0 Å². The molecule has 1 aromatic heterocycles. The Labute approximate surface area is 154 Å². The minimum absolute atomic E-state index is 0.131. The number of piperidine rings is 1. The molecule has 5 heteroatoms. The number of likely N-dealkylation sites (tertiary alicyclic amines) is 1. The molecular formula is C21H25N3O2. The van der Waals surface area contributed by atoms with Crippen molar-refractivity contribution in [3.63, 3.8) is 0 Å². The van der Waals surface area contributed by atoms with Crippen LogP contribution in [0.15, 0.2) is 48.8 Å². The molecule has 3 heterocycles. The number of hydrogen-bond donors (Lipinski definition) is 1. The number of rotatable bonds is 4. The Kier molecular flexibility index (Phi) is 4.89. The van der Waals surface area contributed by atoms with Crippen molar-refractivity contribution in [3.8, 4) is 5.75 Å². The first-order chi connectivity index (χ1) is 12.7. The second-order valence-electron chi connectivity index (χ2n) is 7.39. The topological polar surface area (TPSA) is 54.5 Å². The van der Waals surface area contributed by atoms with Gasteiger partial charge in [0.1, 0.15) is 12.4 Å². The highest BCUT2D eigenvalue weighted by atomic mass is 16.5. The minimum Gasteiger partial charge on any atom is -0.489 e. The monoisotopic (exact) mass is 351 g/mol. The van der Waals surface area contributed by atoms with Gasteiger partial charge in [-0.15, -0.1) is 0 Å². The highest BCUT2D eigenvalue weighted by Crippen LogP contribution is 2.37. The smallest absolute Gasteiger partial charge is 0.253 e. The third-order valence-corrected chi connectivity index (χ3v) is 5.70. The quantitative estimate of drug-likeness (QED) is 0.920. The van der Waals surface area contributed by atoms with E-state index in [-0.39, 0.29) is 5.91 Å². The van der Waals surface area contributed by atoms with Gasteiger partial charge in [0.25, 0.3) is 5.91 Å². The molecule has 0 radical (unpaired) electrons. The van der Waals surface area contributed by atoms with E-state index in [1.165, 1.54) is 6.42 Å². The van der Waals surface area contributed by atoms with Crippen molar-refractivity contribution in [1.29, 1.82) is 0 Å². The maximum Gasteiger partial charge on any atom is 0.253 e. The van der Waals surface area contributed by atoms with Crippen LogP contribution in [0.2, 0.25) is 0 Å². The summed E-state index contributed by atoms with van der Waals surface area (Å²) in [7, 11) is 0. The van der Waals surface area contributed by atoms with Gasteiger partial charge in [-0.05, 0) is 73.2 Å². The molecule has 136 valence electrons. The molecule has 4 rings (SSSR count). The fourth-order valence-electron chi connectivity index (χ4n) is 3.93. The number of pyridine rings is 1. The predicted molar refractivity (Wildman–Crippen MR) is 100 cm³/mol. The molecule has 5 nitrogen and oxygen atoms in total. The van der Waals surface area contributed by atoms with Crippen LogP contribution in [0.25, 0.3) is 0 Å². The maximum atomic E-state index is 12.8. The van der Waals surface area contributed by atoms with Gasteiger partial charge in [-0.25, -0.2) is 0 Å². The standard InChI is InChI=1S/C21H25N3O2/c25-20(24-13-8-21(9-14-24)7-12-23-16-21)18-1-3-19(4-2-18)26-15-17-5-10-22-11-6-17/h1-6,10-11,23H,7-9,12-16H2. The number of carbonyl (C=O) groups is 1. The summed E-state index contributed by atoms with van der Waals surface area (Å²) >= 11 is 0. The fourth-order valence-corrected chi connectivity index (χ4v) is 3.93. The van der Waals surface area contributed by atoms with Crippen molar-refractivity contribution >= 4 is 5.91 Å². The molecule has 0 atom stereocenters. The van der Waals surface area contributed by atoms with Gasteiger partial charge in [0, 0.05) is 37.6 Å². The first-order valence-corrected chi connectivity index (χ1v) is 9.36. The predicted octanol–water partition coefficient (Wildman–Crippen LogP) is 2.88. The second-order valence-corrected chi connectivity index (χ2v) is 7.39. The largest absolute Gasteiger partial charge is 0.489 e. The minimum atomic E-state index is 0.131. The summed E-state index contributed by atoms with van der Waals surface area (Å²) < 4.78 is 5.78. The van der Waals surface area contributed by atoms with Crippen LogP contribution in [0.3, 0.4) is 0 Å². The van der Waals surface area contributed by atoms with Crippen LogP contribution in [-0.2, 0) is 6.61 Å². The van der Waals surface area contributed by atoms with E-state index >= 15 is 0 Å². The van der Waals surface area contributed by atoms with Crippen LogP contribution in [0.5, 0.6) is 5.75 Å². The molecule has 2 aromatic rings. The Morgan fingerprint density at radius 2 is 1.81 bits per heavy atom. The molecule has 1 amide bonds. The van der Waals surface area contributed by atoms with Crippen molar-refractivity contribution in [3.05, 3.63) is 59.9 Å². The first-order valence-electron chi connectivity index (χ1n) is 9.36. The Morgan fingerprint density at radius 1 is 1.08 bits per heavy atom. The summed E-state index contributed by atoms with van der Waals surface area (Å²) in [6.07, 6.45) is 6.98. The molecular weight excluding hydrogens is 326 g/mol. The van der Waals surface area contributed by atoms with E-state index in [4.69, 9.17) is 4.74 Å². The lowest BCUT2D eigenvalue weighted by atomic mass is 9.78. The number of nitrogens with zero attached hydrogens (tertiary/aromatic N) is 2. The Bertz CT molecular complexity index is 730. The van der Waals surface area contributed by atoms with Crippen LogP contribution in [0, 0.1) is 5.41 Å². The van der Waals surface area contributed by atoms with Crippen molar-refractivity contribution in [2.24, 2.45) is 5.41 Å². The molecule has 2 fully saturated rings. The van der Waals surface area contributed by atoms with E-state index in [1.807, 2.05) is 41.3 Å². The van der Waals surface area contributed by atoms with Crippen LogP contribution in [0.1, 0.15) is 35.2 Å². The summed E-state index contributed by atoms with van der Waals surface area (Å²) in [5.41, 5.74) is 2.24. The van der Waals surface area contributed by atoms with Gasteiger partial charge < -0.3 is 15.0 Å². The average Bonchev–Trinajstić information content (AvgIpc) is 3.16. The lowest BCUT2D eigenvalue weighted by Crippen LogP contribution is -2.44. The Morgan fingerprint density at radius 3 is 2.46 bits per heavy atom. The van der Waals surface area contributed by atoms with E-state index in [1.54, 1.807) is 12.4 Å². The average molecular weight is 351 g/mol. The Balaban J connectivity index is 1.32. The third kappa shape index (κ3) is 3.73. The molecule has 2 aliphatic heterocycles. The highest BCUT2D eigenvalue weighted by Gasteiger charge is 2.38. The number of benzene rings is 1. The molecule has 0 saturated carbocycles. The zero-order chi connectivity index (χ0) is 17.8. The van der Waals surface area contributed by atoms with Crippen LogP contribution in [-0.4, -0.2) is 42.0 Å². The van der Waals surface area contributed by atoms with Gasteiger partial charge in [0.15, 0.2) is 0 Å². The molecule has 1 aromatic carbocycles. The molecule has 2 saturated heterocycles. The summed E-state index contributed by atoms with van der Waals surface area (Å²) in [5, 5.41) is 3.47. The summed E-state index contributed by atoms with van der Waals surface area (Å²) in [4.78, 5) is 18.8. The van der Waals surface area contributed by atoms with Crippen molar-refractivity contribution in [1.82, 2.24) is 15.2 Å². The number of nitrogens with one attached hydrogen (secondary N) is 1. The number of ether oxygens (including phenoxy) is 1. The third-order valence-electron chi connectivity index (χ3n) is 5.70. The van der Waals surface area contributed by atoms with Crippen molar-refractivity contribution in [2.45, 2.75) is 25.9 Å². The fraction of sp³-hybridized carbons (Fsp3) is 0.429. The first kappa shape index (κ1) is 17.0. The van der Waals surface area contributed by atoms with Gasteiger partial charge in [-0.2, -0.15) is 0 Å². The number of amides is 1. The van der Waals surface area contributed by atoms with Crippen molar-refractivity contribution in [2.75, 3.05) is 26.2 Å². The zero-order valence-electron chi connectivity index (χ0n) is 15.0. The van der Waals surface area contributed by atoms with E-state index in [0.717, 1.165) is 55.9 Å². The lowest BCUT2D eigenvalue weighted by molar-refractivity contribution is 0.0607. The lowest BCUT2D eigenvalue weighted by Gasteiger charge is -2.38. The number of hydrogen-bond acceptors (Lipinski definition) is 4. The molecule has 1 spiro atoms. The Hall–Kier alpha value is -2.40. The van der Waals surface area contributed by atoms with E-state index < -0.39 is 0 Å². The molecule has 2 aliphatic rings. The second kappa shape index (κ2) is 7.46. The normalized spacial score (nSPS) is 18.8. The SMILES string of the molecule is O=C(c1ccc(OCc2ccncc2)cc1)N1CCC2(CCNC2)CC1. The molecule has 0 bridgehead atoms.